The van der Waals surface area contributed by atoms with Crippen LogP contribution in [0.5, 0.6) is 0 Å². The average Bonchev–Trinajstić information content (AvgIpc) is 2.93. The zero-order chi connectivity index (χ0) is 20.7. The van der Waals surface area contributed by atoms with E-state index in [9.17, 15) is 4.79 Å². The van der Waals surface area contributed by atoms with E-state index in [1.165, 1.54) is 5.56 Å². The number of hydrogen-bond donors (Lipinski definition) is 0. The van der Waals surface area contributed by atoms with Gasteiger partial charge in [0, 0.05) is 51.5 Å². The molecule has 2 aliphatic heterocycles. The molecule has 2 saturated heterocycles. The van der Waals surface area contributed by atoms with E-state index < -0.39 is 5.54 Å². The van der Waals surface area contributed by atoms with Gasteiger partial charge in [0.05, 0.1) is 5.54 Å². The minimum Gasteiger partial charge on any atom is -0.381 e. The van der Waals surface area contributed by atoms with Gasteiger partial charge < -0.3 is 4.74 Å². The van der Waals surface area contributed by atoms with E-state index in [0.717, 1.165) is 77.0 Å². The van der Waals surface area contributed by atoms with Crippen LogP contribution in [0.15, 0.2) is 60.7 Å². The van der Waals surface area contributed by atoms with Crippen molar-refractivity contribution < 1.29 is 9.53 Å². The molecule has 2 aromatic carbocycles. The second-order valence-corrected chi connectivity index (χ2v) is 8.65. The molecule has 0 N–H and O–H groups in total. The van der Waals surface area contributed by atoms with E-state index in [-0.39, 0.29) is 5.78 Å². The molecule has 4 nitrogen and oxygen atoms in total. The van der Waals surface area contributed by atoms with Crippen LogP contribution >= 0.6 is 0 Å². The molecule has 1 unspecified atom stereocenters. The minimum atomic E-state index is -0.440. The second kappa shape index (κ2) is 10.3. The van der Waals surface area contributed by atoms with E-state index in [1.807, 2.05) is 30.3 Å². The fourth-order valence-electron chi connectivity index (χ4n) is 4.99. The maximum Gasteiger partial charge on any atom is 0.183 e. The molecule has 0 spiro atoms. The van der Waals surface area contributed by atoms with E-state index in [0.29, 0.717) is 6.61 Å². The Labute approximate surface area is 180 Å². The number of Topliss-reactive ketones (excluding diaryl/α,β-unsaturated/α-hetero) is 1. The molecule has 2 aliphatic rings. The van der Waals surface area contributed by atoms with Crippen LogP contribution in [-0.2, 0) is 11.3 Å². The van der Waals surface area contributed by atoms with Gasteiger partial charge in [-0.1, -0.05) is 73.5 Å². The molecule has 2 fully saturated rings. The molecule has 0 amide bonds. The molecular formula is C26H34N2O2. The molecule has 160 valence electrons. The number of carbonyl (C=O) groups is 1. The van der Waals surface area contributed by atoms with Gasteiger partial charge in [0.15, 0.2) is 5.78 Å². The standard InChI is InChI=1S/C26H34N2O2/c29-25(24-12-6-2-7-13-24)26(14-8-3-9-20-30-21-15-26)28-18-16-27(17-19-28)22-23-10-4-1-5-11-23/h1-2,4-7,10-13H,3,8-9,14-22H2. The molecule has 2 heterocycles. The lowest BCUT2D eigenvalue weighted by molar-refractivity contribution is 0.00695. The van der Waals surface area contributed by atoms with Gasteiger partial charge in [0.1, 0.15) is 0 Å². The van der Waals surface area contributed by atoms with Gasteiger partial charge in [-0.2, -0.15) is 0 Å². The SMILES string of the molecule is O=C(c1ccccc1)C1(N2CCN(Cc3ccccc3)CC2)CCCCCOCC1. The summed E-state index contributed by atoms with van der Waals surface area (Å²) < 4.78 is 5.90. The molecule has 4 heteroatoms. The van der Waals surface area contributed by atoms with Crippen molar-refractivity contribution in [1.82, 2.24) is 9.80 Å². The molecular weight excluding hydrogens is 372 g/mol. The van der Waals surface area contributed by atoms with Crippen LogP contribution in [-0.4, -0.2) is 60.5 Å². The predicted molar refractivity (Wildman–Crippen MR) is 121 cm³/mol. The van der Waals surface area contributed by atoms with Gasteiger partial charge in [-0.15, -0.1) is 0 Å². The van der Waals surface area contributed by atoms with Gasteiger partial charge in [-0.25, -0.2) is 0 Å². The monoisotopic (exact) mass is 406 g/mol. The highest BCUT2D eigenvalue weighted by molar-refractivity contribution is 6.03. The van der Waals surface area contributed by atoms with Gasteiger partial charge in [-0.05, 0) is 24.8 Å². The van der Waals surface area contributed by atoms with Crippen molar-refractivity contribution in [3.63, 3.8) is 0 Å². The van der Waals surface area contributed by atoms with Crippen molar-refractivity contribution in [2.24, 2.45) is 0 Å². The van der Waals surface area contributed by atoms with Gasteiger partial charge in [0.25, 0.3) is 0 Å². The van der Waals surface area contributed by atoms with Gasteiger partial charge in [-0.3, -0.25) is 14.6 Å². The van der Waals surface area contributed by atoms with Crippen LogP contribution in [0.25, 0.3) is 0 Å². The van der Waals surface area contributed by atoms with Crippen molar-refractivity contribution in [3.05, 3.63) is 71.8 Å². The number of ketones is 1. The normalized spacial score (nSPS) is 24.5. The summed E-state index contributed by atoms with van der Waals surface area (Å²) in [5.41, 5.74) is 1.75. The lowest BCUT2D eigenvalue weighted by Crippen LogP contribution is -2.61. The summed E-state index contributed by atoms with van der Waals surface area (Å²) in [7, 11) is 0. The second-order valence-electron chi connectivity index (χ2n) is 8.65. The van der Waals surface area contributed by atoms with Crippen molar-refractivity contribution >= 4 is 5.78 Å². The Balaban J connectivity index is 1.51. The zero-order valence-electron chi connectivity index (χ0n) is 18.0. The summed E-state index contributed by atoms with van der Waals surface area (Å²) in [6.07, 6.45) is 5.05. The molecule has 0 radical (unpaired) electrons. The first-order chi connectivity index (χ1) is 14.8. The fraction of sp³-hybridized carbons (Fsp3) is 0.500. The van der Waals surface area contributed by atoms with E-state index >= 15 is 0 Å². The largest absolute Gasteiger partial charge is 0.381 e. The minimum absolute atomic E-state index is 0.283. The molecule has 1 atom stereocenters. The number of piperazine rings is 1. The third-order valence-electron chi connectivity index (χ3n) is 6.72. The highest BCUT2D eigenvalue weighted by atomic mass is 16.5. The van der Waals surface area contributed by atoms with Crippen LogP contribution < -0.4 is 0 Å². The highest BCUT2D eigenvalue weighted by Crippen LogP contribution is 2.33. The van der Waals surface area contributed by atoms with Crippen LogP contribution in [0, 0.1) is 0 Å². The Morgan fingerprint density at radius 1 is 0.800 bits per heavy atom. The predicted octanol–water partition coefficient (Wildman–Crippen LogP) is 4.41. The Morgan fingerprint density at radius 2 is 1.50 bits per heavy atom. The Bertz CT molecular complexity index is 775. The first-order valence-corrected chi connectivity index (χ1v) is 11.5. The Hall–Kier alpha value is -2.01. The maximum atomic E-state index is 13.9. The number of nitrogens with zero attached hydrogens (tertiary/aromatic N) is 2. The lowest BCUT2D eigenvalue weighted by Gasteiger charge is -2.47. The number of rotatable bonds is 5. The van der Waals surface area contributed by atoms with E-state index in [2.05, 4.69) is 40.1 Å². The summed E-state index contributed by atoms with van der Waals surface area (Å²) in [6, 6.07) is 20.6. The van der Waals surface area contributed by atoms with E-state index in [4.69, 9.17) is 4.74 Å². The number of benzene rings is 2. The van der Waals surface area contributed by atoms with Crippen LogP contribution in [0.1, 0.15) is 48.0 Å². The number of carbonyl (C=O) groups excluding carboxylic acids is 1. The average molecular weight is 407 g/mol. The van der Waals surface area contributed by atoms with E-state index in [1.54, 1.807) is 0 Å². The van der Waals surface area contributed by atoms with Crippen LogP contribution in [0.2, 0.25) is 0 Å². The first-order valence-electron chi connectivity index (χ1n) is 11.5. The van der Waals surface area contributed by atoms with Gasteiger partial charge >= 0.3 is 0 Å². The van der Waals surface area contributed by atoms with Crippen LogP contribution in [0.4, 0.5) is 0 Å². The summed E-state index contributed by atoms with van der Waals surface area (Å²) in [4.78, 5) is 18.9. The molecule has 30 heavy (non-hydrogen) atoms. The third-order valence-corrected chi connectivity index (χ3v) is 6.72. The first kappa shape index (κ1) is 21.2. The summed E-state index contributed by atoms with van der Waals surface area (Å²) >= 11 is 0. The lowest BCUT2D eigenvalue weighted by atomic mass is 9.79. The van der Waals surface area contributed by atoms with Gasteiger partial charge in [0.2, 0.25) is 0 Å². The Morgan fingerprint density at radius 3 is 2.23 bits per heavy atom. The number of ether oxygens (including phenoxy) is 1. The van der Waals surface area contributed by atoms with Crippen LogP contribution in [0.3, 0.4) is 0 Å². The summed E-state index contributed by atoms with van der Waals surface area (Å²) in [6.45, 7) is 6.34. The fourth-order valence-corrected chi connectivity index (χ4v) is 4.99. The van der Waals surface area contributed by atoms with Crippen molar-refractivity contribution in [2.45, 2.75) is 44.2 Å². The summed E-state index contributed by atoms with van der Waals surface area (Å²) in [5, 5.41) is 0. The molecule has 4 rings (SSSR count). The third kappa shape index (κ3) is 5.00. The summed E-state index contributed by atoms with van der Waals surface area (Å²) in [5.74, 6) is 0.283. The smallest absolute Gasteiger partial charge is 0.183 e. The van der Waals surface area contributed by atoms with Crippen molar-refractivity contribution in [2.75, 3.05) is 39.4 Å². The maximum absolute atomic E-state index is 13.9. The quantitative estimate of drug-likeness (QED) is 0.689. The molecule has 0 aromatic heterocycles. The zero-order valence-corrected chi connectivity index (χ0v) is 18.0. The molecule has 2 aromatic rings. The highest BCUT2D eigenvalue weighted by Gasteiger charge is 2.44. The topological polar surface area (TPSA) is 32.8 Å². The van der Waals surface area contributed by atoms with Crippen molar-refractivity contribution in [1.29, 1.82) is 0 Å². The molecule has 0 bridgehead atoms. The molecule has 0 aliphatic carbocycles. The van der Waals surface area contributed by atoms with Crippen molar-refractivity contribution in [3.8, 4) is 0 Å². The molecule has 0 saturated carbocycles. The number of hydrogen-bond acceptors (Lipinski definition) is 4. The Kier molecular flexibility index (Phi) is 7.32.